The lowest BCUT2D eigenvalue weighted by Crippen LogP contribution is -2.32. The number of carbonyl (C=O) groups excluding carboxylic acids is 1. The predicted octanol–water partition coefficient (Wildman–Crippen LogP) is 5.78. The zero-order valence-corrected chi connectivity index (χ0v) is 18.3. The Morgan fingerprint density at radius 2 is 1.76 bits per heavy atom. The molecule has 0 saturated heterocycles. The van der Waals surface area contributed by atoms with Crippen LogP contribution in [0.15, 0.2) is 91.1 Å². The van der Waals surface area contributed by atoms with Gasteiger partial charge in [0.1, 0.15) is 11.6 Å². The van der Waals surface area contributed by atoms with E-state index in [1.807, 2.05) is 37.3 Å². The molecule has 166 valence electrons. The summed E-state index contributed by atoms with van der Waals surface area (Å²) in [5.74, 6) is 0.575. The number of halogens is 1. The summed E-state index contributed by atoms with van der Waals surface area (Å²) in [6.07, 6.45) is 3.41. The van der Waals surface area contributed by atoms with E-state index in [0.717, 1.165) is 18.5 Å². The van der Waals surface area contributed by atoms with Crippen LogP contribution in [0.3, 0.4) is 0 Å². The second-order valence-corrected chi connectivity index (χ2v) is 7.88. The van der Waals surface area contributed by atoms with E-state index in [4.69, 9.17) is 0 Å². The molecule has 2 N–H and O–H groups in total. The highest BCUT2D eigenvalue weighted by atomic mass is 19.1. The maximum atomic E-state index is 13.5. The van der Waals surface area contributed by atoms with E-state index in [2.05, 4.69) is 32.7 Å². The molecule has 6 heteroatoms. The van der Waals surface area contributed by atoms with Gasteiger partial charge in [0.05, 0.1) is 0 Å². The lowest BCUT2D eigenvalue weighted by molar-refractivity contribution is 0.0938. The molecule has 0 unspecified atom stereocenters. The molecule has 1 aromatic heterocycles. The van der Waals surface area contributed by atoms with Crippen molar-refractivity contribution in [3.8, 4) is 11.4 Å². The highest BCUT2D eigenvalue weighted by Crippen LogP contribution is 2.20. The molecule has 1 amide bonds. The minimum absolute atomic E-state index is 0.0674. The Hall–Kier alpha value is -4.06. The van der Waals surface area contributed by atoms with Gasteiger partial charge in [-0.15, -0.1) is 0 Å². The summed E-state index contributed by atoms with van der Waals surface area (Å²) < 4.78 is 13.5. The standard InChI is InChI=1S/C27H25FN4O/c1-19(10-11-20-6-3-2-4-7-20)30-27(33)21-12-14-24(15-13-21)31-25-16-17-29-26(32-25)22-8-5-9-23(28)18-22/h2-9,12-19H,10-11H2,1H3,(H,30,33)(H,29,31,32)/t19-/m1/s1. The summed E-state index contributed by atoms with van der Waals surface area (Å²) in [5, 5.41) is 6.25. The SMILES string of the molecule is C[C@H](CCc1ccccc1)NC(=O)c1ccc(Nc2ccnc(-c3cccc(F)c3)n2)cc1. The first-order chi connectivity index (χ1) is 16.1. The molecule has 0 radical (unpaired) electrons. The molecule has 0 aliphatic rings. The van der Waals surface area contributed by atoms with Crippen LogP contribution in [-0.2, 0) is 6.42 Å². The molecule has 33 heavy (non-hydrogen) atoms. The van der Waals surface area contributed by atoms with Crippen molar-refractivity contribution >= 4 is 17.4 Å². The molecule has 0 aliphatic heterocycles. The molecule has 4 rings (SSSR count). The molecule has 0 saturated carbocycles. The Bertz CT molecular complexity index is 1210. The van der Waals surface area contributed by atoms with E-state index < -0.39 is 0 Å². The van der Waals surface area contributed by atoms with Crippen molar-refractivity contribution in [3.05, 3.63) is 108 Å². The van der Waals surface area contributed by atoms with Crippen LogP contribution in [0.2, 0.25) is 0 Å². The average Bonchev–Trinajstić information content (AvgIpc) is 2.84. The summed E-state index contributed by atoms with van der Waals surface area (Å²) in [6, 6.07) is 25.4. The van der Waals surface area contributed by atoms with Gasteiger partial charge in [0.2, 0.25) is 0 Å². The van der Waals surface area contributed by atoms with Gasteiger partial charge in [-0.25, -0.2) is 14.4 Å². The number of anilines is 2. The molecule has 0 bridgehead atoms. The first kappa shape index (κ1) is 22.1. The molecule has 0 aliphatic carbocycles. The van der Waals surface area contributed by atoms with E-state index in [1.165, 1.54) is 17.7 Å². The second-order valence-electron chi connectivity index (χ2n) is 7.88. The van der Waals surface area contributed by atoms with Gasteiger partial charge in [-0.3, -0.25) is 4.79 Å². The molecular formula is C27H25FN4O. The van der Waals surface area contributed by atoms with Crippen molar-refractivity contribution in [2.75, 3.05) is 5.32 Å². The third-order valence-electron chi connectivity index (χ3n) is 5.24. The lowest BCUT2D eigenvalue weighted by atomic mass is 10.1. The van der Waals surface area contributed by atoms with Crippen molar-refractivity contribution < 1.29 is 9.18 Å². The molecule has 3 aromatic carbocycles. The Kier molecular flexibility index (Phi) is 7.05. The van der Waals surface area contributed by atoms with Gasteiger partial charge in [-0.05, 0) is 67.8 Å². The number of hydrogen-bond donors (Lipinski definition) is 2. The van der Waals surface area contributed by atoms with Gasteiger partial charge in [-0.1, -0.05) is 42.5 Å². The first-order valence-electron chi connectivity index (χ1n) is 10.9. The van der Waals surface area contributed by atoms with Crippen molar-refractivity contribution in [1.82, 2.24) is 15.3 Å². The highest BCUT2D eigenvalue weighted by molar-refractivity contribution is 5.94. The van der Waals surface area contributed by atoms with Crippen LogP contribution in [-0.4, -0.2) is 21.9 Å². The summed E-state index contributed by atoms with van der Waals surface area (Å²) in [6.45, 7) is 2.02. The molecule has 1 atom stereocenters. The zero-order valence-electron chi connectivity index (χ0n) is 18.3. The Labute approximate surface area is 192 Å². The summed E-state index contributed by atoms with van der Waals surface area (Å²) >= 11 is 0. The van der Waals surface area contributed by atoms with Gasteiger partial charge in [0.25, 0.3) is 5.91 Å². The van der Waals surface area contributed by atoms with Crippen LogP contribution in [0.1, 0.15) is 29.3 Å². The fraction of sp³-hybridized carbons (Fsp3) is 0.148. The van der Waals surface area contributed by atoms with E-state index in [1.54, 1.807) is 36.5 Å². The third-order valence-corrected chi connectivity index (χ3v) is 5.24. The minimum atomic E-state index is -0.335. The first-order valence-corrected chi connectivity index (χ1v) is 10.9. The van der Waals surface area contributed by atoms with Crippen LogP contribution < -0.4 is 10.6 Å². The number of carbonyl (C=O) groups is 1. The number of hydrogen-bond acceptors (Lipinski definition) is 4. The number of amides is 1. The fourth-order valence-corrected chi connectivity index (χ4v) is 3.45. The van der Waals surface area contributed by atoms with Crippen LogP contribution in [0.4, 0.5) is 15.9 Å². The molecule has 0 spiro atoms. The van der Waals surface area contributed by atoms with Crippen molar-refractivity contribution in [3.63, 3.8) is 0 Å². The van der Waals surface area contributed by atoms with Gasteiger partial charge in [-0.2, -0.15) is 0 Å². The number of aromatic nitrogens is 2. The van der Waals surface area contributed by atoms with Crippen LogP contribution >= 0.6 is 0 Å². The maximum Gasteiger partial charge on any atom is 0.251 e. The molecule has 4 aromatic rings. The number of benzene rings is 3. The van der Waals surface area contributed by atoms with Gasteiger partial charge >= 0.3 is 0 Å². The zero-order chi connectivity index (χ0) is 23.0. The van der Waals surface area contributed by atoms with E-state index in [9.17, 15) is 9.18 Å². The number of nitrogens with zero attached hydrogens (tertiary/aromatic N) is 2. The Balaban J connectivity index is 1.34. The van der Waals surface area contributed by atoms with Crippen LogP contribution in [0, 0.1) is 5.82 Å². The van der Waals surface area contributed by atoms with Crippen molar-refractivity contribution in [2.45, 2.75) is 25.8 Å². The smallest absolute Gasteiger partial charge is 0.251 e. The quantitative estimate of drug-likeness (QED) is 0.365. The Morgan fingerprint density at radius 1 is 0.970 bits per heavy atom. The Morgan fingerprint density at radius 3 is 2.52 bits per heavy atom. The van der Waals surface area contributed by atoms with Crippen LogP contribution in [0.25, 0.3) is 11.4 Å². The molecule has 1 heterocycles. The molecular weight excluding hydrogens is 415 g/mol. The number of aryl methyl sites for hydroxylation is 1. The largest absolute Gasteiger partial charge is 0.350 e. The lowest BCUT2D eigenvalue weighted by Gasteiger charge is -2.14. The van der Waals surface area contributed by atoms with E-state index >= 15 is 0 Å². The van der Waals surface area contributed by atoms with Crippen molar-refractivity contribution in [2.24, 2.45) is 0 Å². The normalized spacial score (nSPS) is 11.6. The number of nitrogens with one attached hydrogen (secondary N) is 2. The van der Waals surface area contributed by atoms with Gasteiger partial charge < -0.3 is 10.6 Å². The van der Waals surface area contributed by atoms with E-state index in [0.29, 0.717) is 22.8 Å². The predicted molar refractivity (Wildman–Crippen MR) is 129 cm³/mol. The second kappa shape index (κ2) is 10.5. The van der Waals surface area contributed by atoms with Gasteiger partial charge in [0, 0.05) is 29.1 Å². The molecule has 5 nitrogen and oxygen atoms in total. The average molecular weight is 441 g/mol. The van der Waals surface area contributed by atoms with Crippen molar-refractivity contribution in [1.29, 1.82) is 0 Å². The van der Waals surface area contributed by atoms with E-state index in [-0.39, 0.29) is 17.8 Å². The summed E-state index contributed by atoms with van der Waals surface area (Å²) in [7, 11) is 0. The molecule has 0 fully saturated rings. The minimum Gasteiger partial charge on any atom is -0.350 e. The monoisotopic (exact) mass is 440 g/mol. The highest BCUT2D eigenvalue weighted by Gasteiger charge is 2.10. The number of rotatable bonds is 8. The summed E-state index contributed by atoms with van der Waals surface area (Å²) in [4.78, 5) is 21.3. The van der Waals surface area contributed by atoms with Crippen LogP contribution in [0.5, 0.6) is 0 Å². The maximum absolute atomic E-state index is 13.5. The third kappa shape index (κ3) is 6.23. The summed E-state index contributed by atoms with van der Waals surface area (Å²) in [5.41, 5.74) is 3.24. The topological polar surface area (TPSA) is 66.9 Å². The fourth-order valence-electron chi connectivity index (χ4n) is 3.45. The van der Waals surface area contributed by atoms with Gasteiger partial charge in [0.15, 0.2) is 5.82 Å².